The SMILES string of the molecule is CCOc1cccc(C2CC(C(F)(F)F)CCN2)c1. The van der Waals surface area contributed by atoms with Crippen molar-refractivity contribution in [1.82, 2.24) is 5.32 Å². The van der Waals surface area contributed by atoms with Crippen molar-refractivity contribution in [3.8, 4) is 5.75 Å². The first-order chi connectivity index (χ1) is 9.00. The van der Waals surface area contributed by atoms with E-state index < -0.39 is 12.1 Å². The van der Waals surface area contributed by atoms with E-state index in [1.807, 2.05) is 31.2 Å². The summed E-state index contributed by atoms with van der Waals surface area (Å²) in [6.45, 7) is 2.83. The van der Waals surface area contributed by atoms with Crippen LogP contribution in [0.3, 0.4) is 0 Å². The fraction of sp³-hybridized carbons (Fsp3) is 0.571. The van der Waals surface area contributed by atoms with Crippen molar-refractivity contribution in [3.63, 3.8) is 0 Å². The number of alkyl halides is 3. The van der Waals surface area contributed by atoms with E-state index in [-0.39, 0.29) is 18.9 Å². The van der Waals surface area contributed by atoms with Gasteiger partial charge in [-0.1, -0.05) is 12.1 Å². The largest absolute Gasteiger partial charge is 0.494 e. The molecule has 1 heterocycles. The van der Waals surface area contributed by atoms with Gasteiger partial charge < -0.3 is 10.1 Å². The summed E-state index contributed by atoms with van der Waals surface area (Å²) in [7, 11) is 0. The quantitative estimate of drug-likeness (QED) is 0.907. The Labute approximate surface area is 111 Å². The number of hydrogen-bond acceptors (Lipinski definition) is 2. The van der Waals surface area contributed by atoms with Crippen LogP contribution in [0.1, 0.15) is 31.4 Å². The van der Waals surface area contributed by atoms with Gasteiger partial charge in [-0.2, -0.15) is 13.2 Å². The summed E-state index contributed by atoms with van der Waals surface area (Å²) in [4.78, 5) is 0. The Morgan fingerprint density at radius 3 is 2.84 bits per heavy atom. The van der Waals surface area contributed by atoms with Gasteiger partial charge in [0.2, 0.25) is 0 Å². The first-order valence-electron chi connectivity index (χ1n) is 6.53. The number of halogens is 3. The highest BCUT2D eigenvalue weighted by Gasteiger charge is 2.42. The lowest BCUT2D eigenvalue weighted by Gasteiger charge is -2.32. The second-order valence-electron chi connectivity index (χ2n) is 4.78. The van der Waals surface area contributed by atoms with Crippen LogP contribution in [0.4, 0.5) is 13.2 Å². The molecule has 1 fully saturated rings. The summed E-state index contributed by atoms with van der Waals surface area (Å²) in [5.74, 6) is -0.509. The van der Waals surface area contributed by atoms with Crippen LogP contribution in [0.2, 0.25) is 0 Å². The molecule has 5 heteroatoms. The Kier molecular flexibility index (Phi) is 4.34. The van der Waals surface area contributed by atoms with Crippen LogP contribution in [-0.4, -0.2) is 19.3 Å². The molecular formula is C14H18F3NO. The number of benzene rings is 1. The van der Waals surface area contributed by atoms with Gasteiger partial charge in [-0.3, -0.25) is 0 Å². The monoisotopic (exact) mass is 273 g/mol. The molecule has 1 aromatic rings. The minimum Gasteiger partial charge on any atom is -0.494 e. The molecule has 0 saturated carbocycles. The molecule has 2 atom stereocenters. The molecule has 0 spiro atoms. The molecule has 2 nitrogen and oxygen atoms in total. The molecule has 0 radical (unpaired) electrons. The summed E-state index contributed by atoms with van der Waals surface area (Å²) in [6.07, 6.45) is -3.85. The van der Waals surface area contributed by atoms with E-state index in [9.17, 15) is 13.2 Å². The van der Waals surface area contributed by atoms with Gasteiger partial charge in [0, 0.05) is 6.04 Å². The summed E-state index contributed by atoms with van der Waals surface area (Å²) >= 11 is 0. The smallest absolute Gasteiger partial charge is 0.391 e. The highest BCUT2D eigenvalue weighted by Crippen LogP contribution is 2.38. The molecule has 1 aliphatic rings. The van der Waals surface area contributed by atoms with Gasteiger partial charge in [-0.15, -0.1) is 0 Å². The standard InChI is InChI=1S/C14H18F3NO/c1-2-19-12-5-3-4-10(8-12)13-9-11(6-7-18-13)14(15,16)17/h3-5,8,11,13,18H,2,6-7,9H2,1H3. The van der Waals surface area contributed by atoms with E-state index in [1.54, 1.807) is 0 Å². The Balaban J connectivity index is 2.10. The highest BCUT2D eigenvalue weighted by molar-refractivity contribution is 5.31. The Bertz CT molecular complexity index is 419. The summed E-state index contributed by atoms with van der Waals surface area (Å²) in [6, 6.07) is 7.05. The van der Waals surface area contributed by atoms with E-state index in [0.29, 0.717) is 18.9 Å². The highest BCUT2D eigenvalue weighted by atomic mass is 19.4. The van der Waals surface area contributed by atoms with Gasteiger partial charge in [0.05, 0.1) is 12.5 Å². The molecule has 0 amide bonds. The average Bonchev–Trinajstić information content (AvgIpc) is 2.39. The molecule has 0 aromatic heterocycles. The first-order valence-corrected chi connectivity index (χ1v) is 6.53. The Morgan fingerprint density at radius 2 is 2.16 bits per heavy atom. The summed E-state index contributed by atoms with van der Waals surface area (Å²) in [5.41, 5.74) is 0.861. The zero-order valence-corrected chi connectivity index (χ0v) is 10.8. The lowest BCUT2D eigenvalue weighted by atomic mass is 9.88. The number of ether oxygens (including phenoxy) is 1. The van der Waals surface area contributed by atoms with E-state index in [4.69, 9.17) is 4.74 Å². The van der Waals surface area contributed by atoms with Gasteiger partial charge in [0.1, 0.15) is 5.75 Å². The minimum atomic E-state index is -4.10. The van der Waals surface area contributed by atoms with Gasteiger partial charge >= 0.3 is 6.18 Å². The normalized spacial score (nSPS) is 24.2. The predicted octanol–water partition coefficient (Wildman–Crippen LogP) is 3.69. The summed E-state index contributed by atoms with van der Waals surface area (Å²) < 4.78 is 43.7. The molecule has 1 saturated heterocycles. The zero-order chi connectivity index (χ0) is 13.9. The molecule has 19 heavy (non-hydrogen) atoms. The lowest BCUT2D eigenvalue weighted by molar-refractivity contribution is -0.183. The van der Waals surface area contributed by atoms with Crippen LogP contribution in [0.25, 0.3) is 0 Å². The molecule has 106 valence electrons. The van der Waals surface area contributed by atoms with Crippen molar-refractivity contribution < 1.29 is 17.9 Å². The maximum atomic E-state index is 12.8. The maximum absolute atomic E-state index is 12.8. The molecule has 0 bridgehead atoms. The van der Waals surface area contributed by atoms with Crippen molar-refractivity contribution in [2.45, 2.75) is 32.0 Å². The van der Waals surface area contributed by atoms with E-state index in [0.717, 1.165) is 5.56 Å². The predicted molar refractivity (Wildman–Crippen MR) is 67.1 cm³/mol. The van der Waals surface area contributed by atoms with Crippen molar-refractivity contribution in [2.24, 2.45) is 5.92 Å². The third-order valence-electron chi connectivity index (χ3n) is 3.44. The number of piperidine rings is 1. The molecule has 1 aliphatic heterocycles. The maximum Gasteiger partial charge on any atom is 0.391 e. The molecule has 1 aromatic carbocycles. The second kappa shape index (κ2) is 5.82. The van der Waals surface area contributed by atoms with Crippen molar-refractivity contribution >= 4 is 0 Å². The minimum absolute atomic E-state index is 0.0963. The van der Waals surface area contributed by atoms with E-state index in [1.165, 1.54) is 0 Å². The number of hydrogen-bond donors (Lipinski definition) is 1. The Hall–Kier alpha value is -1.23. The molecule has 0 aliphatic carbocycles. The molecule has 2 unspecified atom stereocenters. The molecular weight excluding hydrogens is 255 g/mol. The van der Waals surface area contributed by atoms with Gasteiger partial charge in [-0.05, 0) is 44.0 Å². The van der Waals surface area contributed by atoms with Gasteiger partial charge in [0.15, 0.2) is 0 Å². The first kappa shape index (κ1) is 14.2. The zero-order valence-electron chi connectivity index (χ0n) is 10.8. The van der Waals surface area contributed by atoms with E-state index in [2.05, 4.69) is 5.32 Å². The number of rotatable bonds is 3. The molecule has 2 rings (SSSR count). The third-order valence-corrected chi connectivity index (χ3v) is 3.44. The van der Waals surface area contributed by atoms with Crippen LogP contribution in [0, 0.1) is 5.92 Å². The van der Waals surface area contributed by atoms with Crippen molar-refractivity contribution in [1.29, 1.82) is 0 Å². The van der Waals surface area contributed by atoms with Crippen molar-refractivity contribution in [2.75, 3.05) is 13.2 Å². The van der Waals surface area contributed by atoms with Crippen LogP contribution in [0.15, 0.2) is 24.3 Å². The average molecular weight is 273 g/mol. The lowest BCUT2D eigenvalue weighted by Crippen LogP contribution is -2.38. The number of nitrogens with one attached hydrogen (secondary N) is 1. The fourth-order valence-corrected chi connectivity index (χ4v) is 2.46. The van der Waals surface area contributed by atoms with Gasteiger partial charge in [-0.25, -0.2) is 0 Å². The fourth-order valence-electron chi connectivity index (χ4n) is 2.46. The van der Waals surface area contributed by atoms with Crippen LogP contribution >= 0.6 is 0 Å². The van der Waals surface area contributed by atoms with Crippen LogP contribution in [0.5, 0.6) is 5.75 Å². The van der Waals surface area contributed by atoms with Crippen molar-refractivity contribution in [3.05, 3.63) is 29.8 Å². The second-order valence-corrected chi connectivity index (χ2v) is 4.78. The summed E-state index contributed by atoms with van der Waals surface area (Å²) in [5, 5.41) is 3.15. The molecule has 1 N–H and O–H groups in total. The van der Waals surface area contributed by atoms with Gasteiger partial charge in [0.25, 0.3) is 0 Å². The Morgan fingerprint density at radius 1 is 1.37 bits per heavy atom. The van der Waals surface area contributed by atoms with Crippen LogP contribution < -0.4 is 10.1 Å². The van der Waals surface area contributed by atoms with E-state index >= 15 is 0 Å². The van der Waals surface area contributed by atoms with Crippen LogP contribution in [-0.2, 0) is 0 Å². The third kappa shape index (κ3) is 3.62. The topological polar surface area (TPSA) is 21.3 Å².